The lowest BCUT2D eigenvalue weighted by Crippen LogP contribution is -2.48. The first-order valence-electron chi connectivity index (χ1n) is 10.7. The van der Waals surface area contributed by atoms with E-state index in [1.807, 2.05) is 0 Å². The molecule has 0 rings (SSSR count). The Kier molecular flexibility index (Phi) is 15.6. The third-order valence-corrected chi connectivity index (χ3v) is 4.49. The van der Waals surface area contributed by atoms with Crippen LogP contribution in [0.4, 0.5) is 0 Å². The number of aliphatic hydroxyl groups excluding tert-OH is 1. The van der Waals surface area contributed by atoms with Gasteiger partial charge in [0.2, 0.25) is 0 Å². The Labute approximate surface area is 168 Å². The van der Waals surface area contributed by atoms with Crippen molar-refractivity contribution < 1.29 is 34.1 Å². The van der Waals surface area contributed by atoms with Gasteiger partial charge in [0.15, 0.2) is 0 Å². The van der Waals surface area contributed by atoms with Gasteiger partial charge in [0.05, 0.1) is 0 Å². The van der Waals surface area contributed by atoms with Crippen LogP contribution >= 0.6 is 0 Å². The van der Waals surface area contributed by atoms with Crippen LogP contribution in [0.25, 0.3) is 0 Å². The minimum absolute atomic E-state index is 0.0191. The van der Waals surface area contributed by atoms with Crippen molar-refractivity contribution in [1.29, 1.82) is 0 Å². The highest BCUT2D eigenvalue weighted by Gasteiger charge is 2.43. The van der Waals surface area contributed by atoms with Crippen LogP contribution in [0.2, 0.25) is 0 Å². The summed E-state index contributed by atoms with van der Waals surface area (Å²) in [4.78, 5) is 35.4. The minimum Gasteiger partial charge on any atom is -0.419 e. The molecule has 0 saturated carbocycles. The van der Waals surface area contributed by atoms with Crippen LogP contribution in [0.3, 0.4) is 0 Å². The first kappa shape index (κ1) is 26.5. The zero-order chi connectivity index (χ0) is 21.3. The molecule has 1 atom stereocenters. The normalized spacial score (nSPS) is 13.0. The Morgan fingerprint density at radius 1 is 0.714 bits per heavy atom. The predicted molar refractivity (Wildman–Crippen MR) is 105 cm³/mol. The molecule has 0 spiro atoms. The number of esters is 3. The fourth-order valence-corrected chi connectivity index (χ4v) is 2.71. The van der Waals surface area contributed by atoms with Gasteiger partial charge in [-0.1, -0.05) is 78.1 Å². The Morgan fingerprint density at radius 3 is 1.61 bits per heavy atom. The molecule has 0 bridgehead atoms. The average molecular weight is 403 g/mol. The van der Waals surface area contributed by atoms with E-state index in [2.05, 4.69) is 23.3 Å². The molecule has 2 N–H and O–H groups in total. The van der Waals surface area contributed by atoms with Crippen molar-refractivity contribution in [3.05, 3.63) is 0 Å². The first-order chi connectivity index (χ1) is 13.4. The van der Waals surface area contributed by atoms with E-state index in [1.165, 1.54) is 19.3 Å². The fraction of sp³-hybridized carbons (Fsp3) is 0.857. The molecule has 0 aromatic rings. The minimum atomic E-state index is -2.84. The van der Waals surface area contributed by atoms with E-state index < -0.39 is 30.3 Å². The van der Waals surface area contributed by atoms with Crippen LogP contribution in [0.1, 0.15) is 104 Å². The Bertz CT molecular complexity index is 450. The first-order valence-corrected chi connectivity index (χ1v) is 10.7. The molecular formula is C21H38O7. The van der Waals surface area contributed by atoms with E-state index in [4.69, 9.17) is 0 Å². The molecule has 0 radical (unpaired) electrons. The average Bonchev–Trinajstić information content (AvgIpc) is 2.66. The number of ether oxygens (including phenoxy) is 2. The van der Waals surface area contributed by atoms with Crippen molar-refractivity contribution in [2.24, 2.45) is 0 Å². The summed E-state index contributed by atoms with van der Waals surface area (Å²) < 4.78 is 9.22. The van der Waals surface area contributed by atoms with Gasteiger partial charge in [-0.15, -0.1) is 0 Å². The monoisotopic (exact) mass is 402 g/mol. The van der Waals surface area contributed by atoms with Crippen molar-refractivity contribution in [2.75, 3.05) is 6.61 Å². The smallest absolute Gasteiger partial charge is 0.389 e. The SMILES string of the molecule is CCCCCCCCCC(=O)OC(=O)C(O)(CO)OC(=O)CCCCCCC. The summed E-state index contributed by atoms with van der Waals surface area (Å²) in [6, 6.07) is 0. The molecule has 0 fully saturated rings. The molecule has 0 saturated heterocycles. The van der Waals surface area contributed by atoms with E-state index in [0.29, 0.717) is 12.8 Å². The summed E-state index contributed by atoms with van der Waals surface area (Å²) in [7, 11) is 0. The summed E-state index contributed by atoms with van der Waals surface area (Å²) in [6.07, 6.45) is 11.7. The summed E-state index contributed by atoms with van der Waals surface area (Å²) in [5.41, 5.74) is 0. The molecule has 28 heavy (non-hydrogen) atoms. The maximum Gasteiger partial charge on any atom is 0.389 e. The van der Waals surface area contributed by atoms with Crippen molar-refractivity contribution in [2.45, 2.75) is 110 Å². The van der Waals surface area contributed by atoms with Gasteiger partial charge >= 0.3 is 23.7 Å². The van der Waals surface area contributed by atoms with Gasteiger partial charge in [-0.05, 0) is 12.8 Å². The molecular weight excluding hydrogens is 364 g/mol. The van der Waals surface area contributed by atoms with E-state index >= 15 is 0 Å². The standard InChI is InChI=1S/C21H38O7/c1-3-5-7-9-10-12-13-15-18(23)27-20(25)21(26,17-22)28-19(24)16-14-11-8-6-4-2/h22,26H,3-17H2,1-2H3. The molecule has 0 aliphatic rings. The number of carbonyl (C=O) groups is 3. The number of hydrogen-bond acceptors (Lipinski definition) is 7. The molecule has 0 aliphatic carbocycles. The maximum atomic E-state index is 11.9. The second-order valence-electron chi connectivity index (χ2n) is 7.21. The van der Waals surface area contributed by atoms with Crippen LogP contribution in [-0.4, -0.2) is 40.5 Å². The van der Waals surface area contributed by atoms with Crippen LogP contribution in [-0.2, 0) is 23.9 Å². The van der Waals surface area contributed by atoms with Crippen molar-refractivity contribution in [3.63, 3.8) is 0 Å². The fourth-order valence-electron chi connectivity index (χ4n) is 2.71. The summed E-state index contributed by atoms with van der Waals surface area (Å²) in [5, 5.41) is 19.3. The summed E-state index contributed by atoms with van der Waals surface area (Å²) in [5.74, 6) is -5.91. The maximum absolute atomic E-state index is 11.9. The zero-order valence-corrected chi connectivity index (χ0v) is 17.5. The van der Waals surface area contributed by atoms with E-state index in [-0.39, 0.29) is 12.8 Å². The van der Waals surface area contributed by atoms with Gasteiger partial charge in [0.25, 0.3) is 0 Å². The molecule has 7 nitrogen and oxygen atoms in total. The highest BCUT2D eigenvalue weighted by atomic mass is 16.7. The van der Waals surface area contributed by atoms with Gasteiger partial charge in [0.1, 0.15) is 6.61 Å². The second-order valence-corrected chi connectivity index (χ2v) is 7.21. The lowest BCUT2D eigenvalue weighted by Gasteiger charge is -2.22. The molecule has 0 aliphatic heterocycles. The molecule has 164 valence electrons. The Balaban J connectivity index is 4.15. The third kappa shape index (κ3) is 12.8. The second kappa shape index (κ2) is 16.5. The topological polar surface area (TPSA) is 110 Å². The molecule has 7 heteroatoms. The van der Waals surface area contributed by atoms with E-state index in [1.54, 1.807) is 0 Å². The summed E-state index contributed by atoms with van der Waals surface area (Å²) >= 11 is 0. The molecule has 0 amide bonds. The largest absolute Gasteiger partial charge is 0.419 e. The zero-order valence-electron chi connectivity index (χ0n) is 17.5. The quantitative estimate of drug-likeness (QED) is 0.165. The van der Waals surface area contributed by atoms with Gasteiger partial charge in [0, 0.05) is 12.8 Å². The number of rotatable bonds is 17. The number of hydrogen-bond donors (Lipinski definition) is 2. The highest BCUT2D eigenvalue weighted by molar-refractivity contribution is 5.90. The molecule has 1 unspecified atom stereocenters. The van der Waals surface area contributed by atoms with Crippen LogP contribution in [0, 0.1) is 0 Å². The number of aliphatic hydroxyl groups is 2. The number of unbranched alkanes of at least 4 members (excludes halogenated alkanes) is 10. The molecule has 0 aromatic heterocycles. The lowest BCUT2D eigenvalue weighted by atomic mass is 10.1. The van der Waals surface area contributed by atoms with Gasteiger partial charge in [-0.25, -0.2) is 4.79 Å². The lowest BCUT2D eigenvalue weighted by molar-refractivity contribution is -0.236. The highest BCUT2D eigenvalue weighted by Crippen LogP contribution is 2.14. The van der Waals surface area contributed by atoms with Gasteiger partial charge in [-0.3, -0.25) is 9.59 Å². The molecule has 0 aromatic carbocycles. The van der Waals surface area contributed by atoms with Crippen molar-refractivity contribution >= 4 is 17.9 Å². The third-order valence-electron chi connectivity index (χ3n) is 4.49. The van der Waals surface area contributed by atoms with E-state index in [9.17, 15) is 24.6 Å². The van der Waals surface area contributed by atoms with Crippen LogP contribution in [0.5, 0.6) is 0 Å². The molecule has 0 heterocycles. The van der Waals surface area contributed by atoms with E-state index in [0.717, 1.165) is 44.9 Å². The Hall–Kier alpha value is -1.47. The van der Waals surface area contributed by atoms with Crippen molar-refractivity contribution in [3.8, 4) is 0 Å². The van der Waals surface area contributed by atoms with Crippen LogP contribution < -0.4 is 0 Å². The predicted octanol–water partition coefficient (Wildman–Crippen LogP) is 3.78. The van der Waals surface area contributed by atoms with Crippen molar-refractivity contribution in [1.82, 2.24) is 0 Å². The van der Waals surface area contributed by atoms with Gasteiger partial charge < -0.3 is 19.7 Å². The van der Waals surface area contributed by atoms with Gasteiger partial charge in [-0.2, -0.15) is 0 Å². The Morgan fingerprint density at radius 2 is 1.14 bits per heavy atom. The summed E-state index contributed by atoms with van der Waals surface area (Å²) in [6.45, 7) is 3.06. The van der Waals surface area contributed by atoms with Crippen LogP contribution in [0.15, 0.2) is 0 Å². The number of carbonyl (C=O) groups excluding carboxylic acids is 3.